The van der Waals surface area contributed by atoms with Gasteiger partial charge in [-0.05, 0) is 57.1 Å². The van der Waals surface area contributed by atoms with Crippen molar-refractivity contribution in [2.24, 2.45) is 5.73 Å². The summed E-state index contributed by atoms with van der Waals surface area (Å²) in [7, 11) is 0. The summed E-state index contributed by atoms with van der Waals surface area (Å²) >= 11 is 0. The van der Waals surface area contributed by atoms with E-state index in [9.17, 15) is 0 Å². The second-order valence-electron chi connectivity index (χ2n) is 4.52. The summed E-state index contributed by atoms with van der Waals surface area (Å²) in [6.07, 6.45) is 7.40. The summed E-state index contributed by atoms with van der Waals surface area (Å²) < 4.78 is 0. The van der Waals surface area contributed by atoms with Crippen molar-refractivity contribution in [3.63, 3.8) is 0 Å². The van der Waals surface area contributed by atoms with E-state index in [-0.39, 0.29) is 0 Å². The van der Waals surface area contributed by atoms with E-state index in [1.807, 2.05) is 0 Å². The monoisotopic (exact) mass is 192 g/mol. The fourth-order valence-electron chi connectivity index (χ4n) is 2.19. The number of aromatic amines is 1. The molecular formula is C12H20N2. The minimum atomic E-state index is 0.315. The molecular weight excluding hydrogens is 172 g/mol. The molecule has 14 heavy (non-hydrogen) atoms. The molecule has 0 unspecified atom stereocenters. The number of hydrogen-bond donors (Lipinski definition) is 2. The molecule has 1 aromatic heterocycles. The van der Waals surface area contributed by atoms with Crippen LogP contribution in [0.5, 0.6) is 0 Å². The lowest BCUT2D eigenvalue weighted by atomic mass is 9.98. The summed E-state index contributed by atoms with van der Waals surface area (Å²) in [5.41, 5.74) is 10.2. The van der Waals surface area contributed by atoms with Crippen molar-refractivity contribution in [2.75, 3.05) is 0 Å². The molecule has 0 aliphatic heterocycles. The third-order valence-corrected chi connectivity index (χ3v) is 3.04. The fraction of sp³-hybridized carbons (Fsp3) is 0.667. The summed E-state index contributed by atoms with van der Waals surface area (Å²) in [5, 5.41) is 0. The van der Waals surface area contributed by atoms with Crippen molar-refractivity contribution in [1.29, 1.82) is 0 Å². The molecule has 0 saturated heterocycles. The molecule has 2 nitrogen and oxygen atoms in total. The summed E-state index contributed by atoms with van der Waals surface area (Å²) in [6, 6.07) is 2.66. The fourth-order valence-corrected chi connectivity index (χ4v) is 2.19. The van der Waals surface area contributed by atoms with Crippen LogP contribution in [-0.2, 0) is 19.3 Å². The Hall–Kier alpha value is -0.760. The highest BCUT2D eigenvalue weighted by atomic mass is 14.7. The van der Waals surface area contributed by atoms with E-state index in [0.29, 0.717) is 6.04 Å². The van der Waals surface area contributed by atoms with Gasteiger partial charge in [0.2, 0.25) is 0 Å². The number of fused-ring (bicyclic) bond motifs is 1. The molecule has 0 spiro atoms. The summed E-state index contributed by atoms with van der Waals surface area (Å²) in [6.45, 7) is 2.07. The number of aryl methyl sites for hydroxylation is 3. The molecule has 1 aliphatic rings. The number of hydrogen-bond acceptors (Lipinski definition) is 1. The van der Waals surface area contributed by atoms with Gasteiger partial charge in [0.05, 0.1) is 0 Å². The Balaban J connectivity index is 2.01. The quantitative estimate of drug-likeness (QED) is 0.757. The van der Waals surface area contributed by atoms with Gasteiger partial charge in [-0.1, -0.05) is 0 Å². The van der Waals surface area contributed by atoms with Crippen LogP contribution in [0, 0.1) is 0 Å². The van der Waals surface area contributed by atoms with Crippen LogP contribution in [-0.4, -0.2) is 11.0 Å². The number of aromatic nitrogens is 1. The Morgan fingerprint density at radius 2 is 2.21 bits per heavy atom. The maximum Gasteiger partial charge on any atom is 0.0181 e. The van der Waals surface area contributed by atoms with Crippen molar-refractivity contribution < 1.29 is 0 Å². The average Bonchev–Trinajstić information content (AvgIpc) is 2.57. The first-order chi connectivity index (χ1) is 6.75. The van der Waals surface area contributed by atoms with Crippen LogP contribution in [0.1, 0.15) is 43.1 Å². The van der Waals surface area contributed by atoms with Crippen LogP contribution in [0.2, 0.25) is 0 Å². The predicted octanol–water partition coefficient (Wildman–Crippen LogP) is 2.17. The number of rotatable bonds is 3. The van der Waals surface area contributed by atoms with Crippen molar-refractivity contribution >= 4 is 0 Å². The first-order valence-corrected chi connectivity index (χ1v) is 5.71. The summed E-state index contributed by atoms with van der Waals surface area (Å²) in [5.74, 6) is 0. The molecule has 1 aromatic rings. The van der Waals surface area contributed by atoms with Gasteiger partial charge in [0.15, 0.2) is 0 Å². The van der Waals surface area contributed by atoms with Crippen molar-refractivity contribution in [1.82, 2.24) is 4.98 Å². The summed E-state index contributed by atoms with van der Waals surface area (Å²) in [4.78, 5) is 3.53. The van der Waals surface area contributed by atoms with Crippen molar-refractivity contribution in [3.8, 4) is 0 Å². The van der Waals surface area contributed by atoms with Crippen LogP contribution >= 0.6 is 0 Å². The van der Waals surface area contributed by atoms with Crippen LogP contribution in [0.25, 0.3) is 0 Å². The van der Waals surface area contributed by atoms with E-state index >= 15 is 0 Å². The molecule has 0 saturated carbocycles. The van der Waals surface area contributed by atoms with E-state index < -0.39 is 0 Å². The second-order valence-corrected chi connectivity index (χ2v) is 4.52. The van der Waals surface area contributed by atoms with E-state index in [1.54, 1.807) is 5.56 Å². The van der Waals surface area contributed by atoms with Crippen LogP contribution in [0.4, 0.5) is 0 Å². The van der Waals surface area contributed by atoms with Crippen LogP contribution in [0.15, 0.2) is 6.07 Å². The molecule has 3 N–H and O–H groups in total. The van der Waals surface area contributed by atoms with Gasteiger partial charge < -0.3 is 10.7 Å². The highest BCUT2D eigenvalue weighted by Crippen LogP contribution is 2.22. The Morgan fingerprint density at radius 3 is 2.93 bits per heavy atom. The zero-order valence-corrected chi connectivity index (χ0v) is 8.97. The molecule has 78 valence electrons. The van der Waals surface area contributed by atoms with Crippen LogP contribution in [0.3, 0.4) is 0 Å². The lowest BCUT2D eigenvalue weighted by Crippen LogP contribution is -2.15. The number of nitrogens with one attached hydrogen (secondary N) is 1. The van der Waals surface area contributed by atoms with Gasteiger partial charge in [-0.2, -0.15) is 0 Å². The smallest absolute Gasteiger partial charge is 0.0181 e. The minimum absolute atomic E-state index is 0.315. The highest BCUT2D eigenvalue weighted by Gasteiger charge is 2.12. The SMILES string of the molecule is C[C@H](N)CCc1cc2c([nH]1)CCCC2. The molecule has 2 rings (SSSR count). The molecule has 1 atom stereocenters. The largest absolute Gasteiger partial charge is 0.362 e. The highest BCUT2D eigenvalue weighted by molar-refractivity contribution is 5.28. The van der Waals surface area contributed by atoms with E-state index in [0.717, 1.165) is 12.8 Å². The Kier molecular flexibility index (Phi) is 2.92. The maximum absolute atomic E-state index is 5.75. The normalized spacial score (nSPS) is 17.9. The molecule has 0 bridgehead atoms. The first kappa shape index (κ1) is 9.78. The van der Waals surface area contributed by atoms with Gasteiger partial charge in [0, 0.05) is 17.4 Å². The van der Waals surface area contributed by atoms with E-state index in [2.05, 4.69) is 18.0 Å². The molecule has 0 aromatic carbocycles. The zero-order valence-electron chi connectivity index (χ0n) is 8.97. The zero-order chi connectivity index (χ0) is 9.97. The average molecular weight is 192 g/mol. The number of H-pyrrole nitrogens is 1. The minimum Gasteiger partial charge on any atom is -0.362 e. The number of nitrogens with two attached hydrogens (primary N) is 1. The third kappa shape index (κ3) is 2.18. The van der Waals surface area contributed by atoms with Gasteiger partial charge in [-0.3, -0.25) is 0 Å². The molecule has 0 amide bonds. The van der Waals surface area contributed by atoms with Gasteiger partial charge >= 0.3 is 0 Å². The second kappa shape index (κ2) is 4.18. The molecule has 0 fully saturated rings. The first-order valence-electron chi connectivity index (χ1n) is 5.71. The predicted molar refractivity (Wildman–Crippen MR) is 59.4 cm³/mol. The molecule has 0 radical (unpaired) electrons. The van der Waals surface area contributed by atoms with Gasteiger partial charge in [0.1, 0.15) is 0 Å². The molecule has 2 heteroatoms. The third-order valence-electron chi connectivity index (χ3n) is 3.04. The topological polar surface area (TPSA) is 41.8 Å². The molecule has 1 aliphatic carbocycles. The maximum atomic E-state index is 5.75. The van der Waals surface area contributed by atoms with E-state index in [4.69, 9.17) is 5.73 Å². The van der Waals surface area contributed by atoms with Gasteiger partial charge in [0.25, 0.3) is 0 Å². The van der Waals surface area contributed by atoms with E-state index in [1.165, 1.54) is 37.1 Å². The lowest BCUT2D eigenvalue weighted by Gasteiger charge is -2.09. The van der Waals surface area contributed by atoms with Gasteiger partial charge in [-0.25, -0.2) is 0 Å². The lowest BCUT2D eigenvalue weighted by molar-refractivity contribution is 0.655. The van der Waals surface area contributed by atoms with Crippen molar-refractivity contribution in [3.05, 3.63) is 23.0 Å². The Bertz CT molecular complexity index is 276. The molecule has 1 heterocycles. The van der Waals surface area contributed by atoms with Gasteiger partial charge in [-0.15, -0.1) is 0 Å². The Morgan fingerprint density at radius 1 is 1.43 bits per heavy atom. The Labute approximate surface area is 85.9 Å². The standard InChI is InChI=1S/C12H20N2/c1-9(13)6-7-11-8-10-4-2-3-5-12(10)14-11/h8-9,14H,2-7,13H2,1H3/t9-/m0/s1. The van der Waals surface area contributed by atoms with Crippen molar-refractivity contribution in [2.45, 2.75) is 51.5 Å². The van der Waals surface area contributed by atoms with Crippen LogP contribution < -0.4 is 5.73 Å².